The average molecular weight is 612 g/mol. The Morgan fingerprint density at radius 2 is 1.82 bits per heavy atom. The number of nitrogens with one attached hydrogen (secondary N) is 1. The number of methoxy groups -OCH3 is 1. The van der Waals surface area contributed by atoms with E-state index in [1.54, 1.807) is 71.3 Å². The highest BCUT2D eigenvalue weighted by molar-refractivity contribution is 9.10. The third-order valence-corrected chi connectivity index (χ3v) is 7.95. The molecule has 0 aliphatic carbocycles. The Morgan fingerprint density at radius 3 is 2.49 bits per heavy atom. The lowest BCUT2D eigenvalue weighted by Gasteiger charge is -2.28. The van der Waals surface area contributed by atoms with Gasteiger partial charge in [-0.25, -0.2) is 4.79 Å². The van der Waals surface area contributed by atoms with Gasteiger partial charge in [-0.1, -0.05) is 17.7 Å². The highest BCUT2D eigenvalue weighted by Crippen LogP contribution is 2.27. The Kier molecular flexibility index (Phi) is 7.58. The summed E-state index contributed by atoms with van der Waals surface area (Å²) in [6.45, 7) is 0.634. The number of pyridine rings is 1. The van der Waals surface area contributed by atoms with Crippen molar-refractivity contribution in [1.29, 1.82) is 0 Å². The molecule has 39 heavy (non-hydrogen) atoms. The third kappa shape index (κ3) is 5.35. The summed E-state index contributed by atoms with van der Waals surface area (Å²) in [4.78, 5) is 56.3. The van der Waals surface area contributed by atoms with Crippen LogP contribution in [0.15, 0.2) is 74.9 Å². The van der Waals surface area contributed by atoms with Gasteiger partial charge in [0.1, 0.15) is 11.4 Å². The molecular formula is C28H24BrClN4O5. The lowest BCUT2D eigenvalue weighted by molar-refractivity contribution is 0.0707. The van der Waals surface area contributed by atoms with Crippen LogP contribution in [0.1, 0.15) is 38.5 Å². The molecule has 0 fully saturated rings. The number of imidazole rings is 1. The quantitative estimate of drug-likeness (QED) is 0.315. The third-order valence-electron chi connectivity index (χ3n) is 6.72. The Labute approximate surface area is 236 Å². The number of aromatic amines is 1. The number of aryl methyl sites for hydroxylation is 1. The average Bonchev–Trinajstić information content (AvgIpc) is 3.25. The monoisotopic (exact) mass is 610 g/mol. The van der Waals surface area contributed by atoms with Crippen LogP contribution in [-0.2, 0) is 19.5 Å². The van der Waals surface area contributed by atoms with Crippen LogP contribution < -0.4 is 16.0 Å². The Morgan fingerprint density at radius 1 is 1.05 bits per heavy atom. The second-order valence-corrected chi connectivity index (χ2v) is 10.4. The van der Waals surface area contributed by atoms with Crippen LogP contribution in [0.4, 0.5) is 0 Å². The SMILES string of the molecule is COc1ccc(-n2c(C(=O)CCc3ccc(=O)[nH]c3)c3n(c2=O)CCN(C(=O)c2ccc(Br)c(Cl)c2)C3)cc1. The predicted octanol–water partition coefficient (Wildman–Crippen LogP) is 4.22. The minimum atomic E-state index is -0.346. The number of amides is 1. The first-order valence-corrected chi connectivity index (χ1v) is 13.4. The number of hydrogen-bond acceptors (Lipinski definition) is 5. The Bertz CT molecular complexity index is 1670. The van der Waals surface area contributed by atoms with Crippen molar-refractivity contribution in [2.75, 3.05) is 13.7 Å². The van der Waals surface area contributed by atoms with Crippen molar-refractivity contribution in [2.24, 2.45) is 0 Å². The highest BCUT2D eigenvalue weighted by Gasteiger charge is 2.32. The molecule has 0 unspecified atom stereocenters. The minimum absolute atomic E-state index is 0.0879. The summed E-state index contributed by atoms with van der Waals surface area (Å²) in [5, 5.41) is 0.415. The molecule has 2 aromatic heterocycles. The van der Waals surface area contributed by atoms with Crippen molar-refractivity contribution in [3.63, 3.8) is 0 Å². The molecule has 1 aliphatic heterocycles. The molecule has 1 N–H and O–H groups in total. The van der Waals surface area contributed by atoms with Crippen LogP contribution in [0, 0.1) is 0 Å². The first kappa shape index (κ1) is 26.7. The molecule has 3 heterocycles. The fourth-order valence-electron chi connectivity index (χ4n) is 4.68. The number of nitrogens with zero attached hydrogens (tertiary/aromatic N) is 3. The van der Waals surface area contributed by atoms with Crippen molar-refractivity contribution in [1.82, 2.24) is 19.0 Å². The van der Waals surface area contributed by atoms with E-state index in [-0.39, 0.29) is 48.1 Å². The molecule has 1 amide bonds. The van der Waals surface area contributed by atoms with E-state index >= 15 is 0 Å². The first-order valence-electron chi connectivity index (χ1n) is 12.2. The molecule has 0 saturated heterocycles. The standard InChI is InChI=1S/C28H24BrClN4O5/c1-39-20-7-5-19(6-8-20)34-26(24(35)10-2-17-3-11-25(36)31-15-17)23-16-32(12-13-33(23)28(34)38)27(37)18-4-9-21(29)22(30)14-18/h3-9,11,14-15H,2,10,12-13,16H2,1H3,(H,31,36). The number of fused-ring (bicyclic) bond motifs is 1. The van der Waals surface area contributed by atoms with E-state index in [0.29, 0.717) is 45.2 Å². The van der Waals surface area contributed by atoms with Crippen molar-refractivity contribution in [3.8, 4) is 11.4 Å². The topological polar surface area (TPSA) is 106 Å². The number of rotatable bonds is 7. The number of hydrogen-bond donors (Lipinski definition) is 1. The molecule has 2 aromatic carbocycles. The molecule has 11 heteroatoms. The predicted molar refractivity (Wildman–Crippen MR) is 150 cm³/mol. The summed E-state index contributed by atoms with van der Waals surface area (Å²) >= 11 is 9.55. The highest BCUT2D eigenvalue weighted by atomic mass is 79.9. The van der Waals surface area contributed by atoms with Crippen molar-refractivity contribution < 1.29 is 14.3 Å². The first-order chi connectivity index (χ1) is 18.8. The van der Waals surface area contributed by atoms with Gasteiger partial charge < -0.3 is 14.6 Å². The molecule has 0 bridgehead atoms. The Balaban J connectivity index is 1.53. The number of benzene rings is 2. The van der Waals surface area contributed by atoms with Crippen LogP contribution in [0.2, 0.25) is 5.02 Å². The maximum atomic E-state index is 13.7. The van der Waals surface area contributed by atoms with Crippen LogP contribution in [0.5, 0.6) is 5.75 Å². The molecule has 0 spiro atoms. The second-order valence-electron chi connectivity index (χ2n) is 9.10. The van der Waals surface area contributed by atoms with E-state index in [4.69, 9.17) is 16.3 Å². The zero-order valence-electron chi connectivity index (χ0n) is 20.9. The lowest BCUT2D eigenvalue weighted by Crippen LogP contribution is -2.41. The molecule has 1 aliphatic rings. The zero-order valence-corrected chi connectivity index (χ0v) is 23.3. The number of aromatic nitrogens is 3. The van der Waals surface area contributed by atoms with E-state index in [1.165, 1.54) is 10.6 Å². The van der Waals surface area contributed by atoms with Crippen LogP contribution in [-0.4, -0.2) is 44.4 Å². The molecule has 4 aromatic rings. The summed E-state index contributed by atoms with van der Waals surface area (Å²) < 4.78 is 8.90. The smallest absolute Gasteiger partial charge is 0.333 e. The number of ether oxygens (including phenoxy) is 1. The lowest BCUT2D eigenvalue weighted by atomic mass is 10.0. The number of halogens is 2. The fourth-order valence-corrected chi connectivity index (χ4v) is 5.10. The van der Waals surface area contributed by atoms with Gasteiger partial charge in [0.25, 0.3) is 5.91 Å². The van der Waals surface area contributed by atoms with Gasteiger partial charge >= 0.3 is 5.69 Å². The summed E-state index contributed by atoms with van der Waals surface area (Å²) in [6.07, 6.45) is 2.05. The van der Waals surface area contributed by atoms with Gasteiger partial charge in [-0.05, 0) is 70.4 Å². The van der Waals surface area contributed by atoms with Crippen molar-refractivity contribution in [2.45, 2.75) is 25.9 Å². The molecule has 0 radical (unpaired) electrons. The zero-order chi connectivity index (χ0) is 27.7. The van der Waals surface area contributed by atoms with E-state index in [2.05, 4.69) is 20.9 Å². The number of carbonyl (C=O) groups is 2. The van der Waals surface area contributed by atoms with E-state index in [1.807, 2.05) is 0 Å². The van der Waals surface area contributed by atoms with Gasteiger partial charge in [0.15, 0.2) is 5.78 Å². The van der Waals surface area contributed by atoms with Gasteiger partial charge in [0, 0.05) is 41.8 Å². The van der Waals surface area contributed by atoms with Gasteiger partial charge in [0.2, 0.25) is 5.56 Å². The summed E-state index contributed by atoms with van der Waals surface area (Å²) in [5.41, 5.74) is 1.87. The van der Waals surface area contributed by atoms with Gasteiger partial charge in [0.05, 0.1) is 30.1 Å². The maximum absolute atomic E-state index is 13.7. The Hall–Kier alpha value is -3.89. The van der Waals surface area contributed by atoms with Crippen LogP contribution in [0.3, 0.4) is 0 Å². The van der Waals surface area contributed by atoms with Crippen molar-refractivity contribution in [3.05, 3.63) is 114 Å². The largest absolute Gasteiger partial charge is 0.497 e. The van der Waals surface area contributed by atoms with Gasteiger partial charge in [-0.3, -0.25) is 23.5 Å². The number of carbonyl (C=O) groups excluding carboxylic acids is 2. The molecule has 200 valence electrons. The molecule has 0 saturated carbocycles. The number of Topliss-reactive ketones (excluding diaryl/α,β-unsaturated/α-hetero) is 1. The van der Waals surface area contributed by atoms with Gasteiger partial charge in [-0.2, -0.15) is 0 Å². The molecule has 5 rings (SSSR count). The second kappa shape index (κ2) is 11.1. The van der Waals surface area contributed by atoms with E-state index in [9.17, 15) is 19.2 Å². The minimum Gasteiger partial charge on any atom is -0.497 e. The van der Waals surface area contributed by atoms with E-state index in [0.717, 1.165) is 5.56 Å². The van der Waals surface area contributed by atoms with E-state index < -0.39 is 0 Å². The molecule has 0 atom stereocenters. The molecule has 9 nitrogen and oxygen atoms in total. The number of ketones is 1. The normalized spacial score (nSPS) is 12.7. The summed E-state index contributed by atoms with van der Waals surface area (Å²) in [7, 11) is 1.55. The van der Waals surface area contributed by atoms with Crippen LogP contribution >= 0.6 is 27.5 Å². The number of H-pyrrole nitrogens is 1. The fraction of sp³-hybridized carbons (Fsp3) is 0.214. The van der Waals surface area contributed by atoms with Gasteiger partial charge in [-0.15, -0.1) is 0 Å². The molecular weight excluding hydrogens is 588 g/mol. The van der Waals surface area contributed by atoms with Crippen LogP contribution in [0.25, 0.3) is 5.69 Å². The maximum Gasteiger partial charge on any atom is 0.333 e. The summed E-state index contributed by atoms with van der Waals surface area (Å²) in [5.74, 6) is 0.127. The summed E-state index contributed by atoms with van der Waals surface area (Å²) in [6, 6.07) is 14.9. The van der Waals surface area contributed by atoms with Crippen molar-refractivity contribution >= 4 is 39.2 Å².